The van der Waals surface area contributed by atoms with Crippen molar-refractivity contribution in [3.8, 4) is 0 Å². The highest BCUT2D eigenvalue weighted by Gasteiger charge is 2.34. The van der Waals surface area contributed by atoms with Gasteiger partial charge in [0.15, 0.2) is 0 Å². The van der Waals surface area contributed by atoms with E-state index in [0.717, 1.165) is 27.6 Å². The topological polar surface area (TPSA) is 76.5 Å². The van der Waals surface area contributed by atoms with Crippen molar-refractivity contribution in [1.82, 2.24) is 0 Å². The average Bonchev–Trinajstić information content (AvgIpc) is 3.07. The molecule has 1 aliphatic rings. The summed E-state index contributed by atoms with van der Waals surface area (Å²) in [5, 5.41) is 1.97. The van der Waals surface area contributed by atoms with Gasteiger partial charge in [0.1, 0.15) is 11.2 Å². The Hall–Kier alpha value is -2.82. The highest BCUT2D eigenvalue weighted by atomic mass is 16.3. The molecule has 22 heavy (non-hydrogen) atoms. The number of para-hydroxylation sites is 1. The zero-order valence-corrected chi connectivity index (χ0v) is 11.8. The number of primary amides is 1. The van der Waals surface area contributed by atoms with Crippen LogP contribution in [0.1, 0.15) is 6.42 Å². The molecule has 1 saturated heterocycles. The molecule has 1 unspecified atom stereocenters. The second-order valence-corrected chi connectivity index (χ2v) is 5.59. The maximum Gasteiger partial charge on any atom is 0.227 e. The van der Waals surface area contributed by atoms with Crippen molar-refractivity contribution in [1.29, 1.82) is 0 Å². The van der Waals surface area contributed by atoms with Gasteiger partial charge in [0.2, 0.25) is 11.8 Å². The predicted molar refractivity (Wildman–Crippen MR) is 83.4 cm³/mol. The van der Waals surface area contributed by atoms with Crippen LogP contribution >= 0.6 is 0 Å². The number of hydrogen-bond acceptors (Lipinski definition) is 3. The molecule has 1 fully saturated rings. The molecule has 5 nitrogen and oxygen atoms in total. The Morgan fingerprint density at radius 2 is 1.91 bits per heavy atom. The van der Waals surface area contributed by atoms with E-state index >= 15 is 0 Å². The van der Waals surface area contributed by atoms with Gasteiger partial charge in [0.25, 0.3) is 0 Å². The van der Waals surface area contributed by atoms with Gasteiger partial charge in [-0.3, -0.25) is 9.59 Å². The molecule has 4 rings (SSSR count). The van der Waals surface area contributed by atoms with Gasteiger partial charge < -0.3 is 15.1 Å². The van der Waals surface area contributed by atoms with Crippen LogP contribution in [0.15, 0.2) is 46.9 Å². The Labute approximate surface area is 126 Å². The van der Waals surface area contributed by atoms with E-state index in [1.54, 1.807) is 4.90 Å². The Kier molecular flexibility index (Phi) is 2.69. The third-order valence-electron chi connectivity index (χ3n) is 4.20. The molecule has 0 spiro atoms. The van der Waals surface area contributed by atoms with Crippen molar-refractivity contribution in [3.05, 3.63) is 42.5 Å². The number of hydrogen-bond donors (Lipinski definition) is 1. The van der Waals surface area contributed by atoms with E-state index in [4.69, 9.17) is 10.2 Å². The summed E-state index contributed by atoms with van der Waals surface area (Å²) in [5.74, 6) is -0.911. The first-order chi connectivity index (χ1) is 10.6. The van der Waals surface area contributed by atoms with Gasteiger partial charge in [-0.2, -0.15) is 0 Å². The van der Waals surface area contributed by atoms with Crippen LogP contribution in [0.5, 0.6) is 0 Å². The summed E-state index contributed by atoms with van der Waals surface area (Å²) in [6, 6.07) is 13.4. The second-order valence-electron chi connectivity index (χ2n) is 5.59. The van der Waals surface area contributed by atoms with E-state index in [-0.39, 0.29) is 12.3 Å². The summed E-state index contributed by atoms with van der Waals surface area (Å²) in [5.41, 5.74) is 7.68. The SMILES string of the molecule is NC(=O)C1CC(=O)N(c2ccc3oc4ccccc4c3c2)C1. The molecular weight excluding hydrogens is 280 g/mol. The molecular formula is C17H14N2O3. The van der Waals surface area contributed by atoms with Crippen LogP contribution in [0.25, 0.3) is 21.9 Å². The van der Waals surface area contributed by atoms with Crippen LogP contribution in [-0.4, -0.2) is 18.4 Å². The molecule has 0 radical (unpaired) electrons. The molecule has 1 aromatic heterocycles. The normalized spacial score (nSPS) is 18.5. The summed E-state index contributed by atoms with van der Waals surface area (Å²) >= 11 is 0. The van der Waals surface area contributed by atoms with Gasteiger partial charge in [-0.15, -0.1) is 0 Å². The molecule has 2 N–H and O–H groups in total. The molecule has 0 saturated carbocycles. The molecule has 3 aromatic rings. The lowest BCUT2D eigenvalue weighted by Crippen LogP contribution is -2.28. The summed E-state index contributed by atoms with van der Waals surface area (Å²) in [6.45, 7) is 0.343. The number of fused-ring (bicyclic) bond motifs is 3. The fourth-order valence-corrected chi connectivity index (χ4v) is 3.03. The van der Waals surface area contributed by atoms with Crippen LogP contribution in [0.3, 0.4) is 0 Å². The first-order valence-corrected chi connectivity index (χ1v) is 7.14. The largest absolute Gasteiger partial charge is 0.456 e. The zero-order valence-electron chi connectivity index (χ0n) is 11.8. The van der Waals surface area contributed by atoms with Gasteiger partial charge in [0, 0.05) is 29.4 Å². The lowest BCUT2D eigenvalue weighted by molar-refractivity contribution is -0.123. The Balaban J connectivity index is 1.81. The highest BCUT2D eigenvalue weighted by Crippen LogP contribution is 2.33. The molecule has 0 bridgehead atoms. The number of nitrogens with zero attached hydrogens (tertiary/aromatic N) is 1. The minimum Gasteiger partial charge on any atom is -0.456 e. The molecule has 0 aliphatic carbocycles. The van der Waals surface area contributed by atoms with E-state index < -0.39 is 11.8 Å². The number of carbonyl (C=O) groups is 2. The number of anilines is 1. The van der Waals surface area contributed by atoms with E-state index in [1.807, 2.05) is 42.5 Å². The molecule has 2 amide bonds. The molecule has 2 heterocycles. The average molecular weight is 294 g/mol. The van der Waals surface area contributed by atoms with Crippen molar-refractivity contribution in [3.63, 3.8) is 0 Å². The van der Waals surface area contributed by atoms with E-state index in [2.05, 4.69) is 0 Å². The number of furan rings is 1. The molecule has 2 aromatic carbocycles. The first kappa shape index (κ1) is 12.9. The maximum absolute atomic E-state index is 12.1. The molecule has 110 valence electrons. The van der Waals surface area contributed by atoms with Crippen molar-refractivity contribution in [2.45, 2.75) is 6.42 Å². The molecule has 1 aliphatic heterocycles. The number of carbonyl (C=O) groups excluding carboxylic acids is 2. The lowest BCUT2D eigenvalue weighted by atomic mass is 10.1. The van der Waals surface area contributed by atoms with Crippen molar-refractivity contribution in [2.75, 3.05) is 11.4 Å². The van der Waals surface area contributed by atoms with E-state index in [0.29, 0.717) is 6.54 Å². The van der Waals surface area contributed by atoms with Crippen LogP contribution < -0.4 is 10.6 Å². The maximum atomic E-state index is 12.1. The fourth-order valence-electron chi connectivity index (χ4n) is 3.03. The van der Waals surface area contributed by atoms with Crippen LogP contribution in [0, 0.1) is 5.92 Å². The van der Waals surface area contributed by atoms with Gasteiger partial charge in [-0.25, -0.2) is 0 Å². The molecule has 5 heteroatoms. The third-order valence-corrected chi connectivity index (χ3v) is 4.20. The number of amides is 2. The Morgan fingerprint density at radius 3 is 2.68 bits per heavy atom. The molecule has 1 atom stereocenters. The number of nitrogens with two attached hydrogens (primary N) is 1. The third kappa shape index (κ3) is 1.86. The van der Waals surface area contributed by atoms with Crippen molar-refractivity contribution < 1.29 is 14.0 Å². The van der Waals surface area contributed by atoms with Crippen LogP contribution in [0.2, 0.25) is 0 Å². The number of rotatable bonds is 2. The van der Waals surface area contributed by atoms with Crippen LogP contribution in [-0.2, 0) is 9.59 Å². The Bertz CT molecular complexity index is 913. The van der Waals surface area contributed by atoms with Crippen LogP contribution in [0.4, 0.5) is 5.69 Å². The smallest absolute Gasteiger partial charge is 0.227 e. The summed E-state index contributed by atoms with van der Waals surface area (Å²) in [4.78, 5) is 25.0. The number of benzene rings is 2. The predicted octanol–water partition coefficient (Wildman–Crippen LogP) is 2.42. The summed E-state index contributed by atoms with van der Waals surface area (Å²) < 4.78 is 5.78. The standard InChI is InChI=1S/C17H14N2O3/c18-17(21)10-7-16(20)19(9-10)11-5-6-15-13(8-11)12-3-1-2-4-14(12)22-15/h1-6,8,10H,7,9H2,(H2,18,21). The minimum atomic E-state index is -0.425. The summed E-state index contributed by atoms with van der Waals surface area (Å²) in [6.07, 6.45) is 0.180. The van der Waals surface area contributed by atoms with Gasteiger partial charge in [-0.05, 0) is 24.3 Å². The highest BCUT2D eigenvalue weighted by molar-refractivity contribution is 6.08. The van der Waals surface area contributed by atoms with Crippen molar-refractivity contribution >= 4 is 39.4 Å². The lowest BCUT2D eigenvalue weighted by Gasteiger charge is -2.16. The first-order valence-electron chi connectivity index (χ1n) is 7.14. The Morgan fingerprint density at radius 1 is 1.14 bits per heavy atom. The second kappa shape index (κ2) is 4.59. The van der Waals surface area contributed by atoms with E-state index in [9.17, 15) is 9.59 Å². The van der Waals surface area contributed by atoms with E-state index in [1.165, 1.54) is 0 Å². The minimum absolute atomic E-state index is 0.0732. The zero-order chi connectivity index (χ0) is 15.3. The monoisotopic (exact) mass is 294 g/mol. The quantitative estimate of drug-likeness (QED) is 0.788. The van der Waals surface area contributed by atoms with Gasteiger partial charge >= 0.3 is 0 Å². The van der Waals surface area contributed by atoms with Gasteiger partial charge in [0.05, 0.1) is 5.92 Å². The fraction of sp³-hybridized carbons (Fsp3) is 0.176. The van der Waals surface area contributed by atoms with Crippen molar-refractivity contribution in [2.24, 2.45) is 11.7 Å². The summed E-state index contributed by atoms with van der Waals surface area (Å²) in [7, 11) is 0. The van der Waals surface area contributed by atoms with Gasteiger partial charge in [-0.1, -0.05) is 18.2 Å².